The first-order valence-electron chi connectivity index (χ1n) is 6.96. The van der Waals surface area contributed by atoms with Gasteiger partial charge in [0.15, 0.2) is 0 Å². The van der Waals surface area contributed by atoms with Gasteiger partial charge in [-0.25, -0.2) is 0 Å². The zero-order valence-corrected chi connectivity index (χ0v) is 14.2. The molecule has 0 aliphatic carbocycles. The minimum atomic E-state index is -0.185. The number of carbonyl (C=O) groups excluding carboxylic acids is 1. The molecule has 2 N–H and O–H groups in total. The third-order valence-electron chi connectivity index (χ3n) is 3.01. The molecule has 116 valence electrons. The summed E-state index contributed by atoms with van der Waals surface area (Å²) in [5.74, 6) is -0.185. The van der Waals surface area contributed by atoms with Gasteiger partial charge in [-0.15, -0.1) is 0 Å². The predicted molar refractivity (Wildman–Crippen MR) is 93.4 cm³/mol. The van der Waals surface area contributed by atoms with E-state index in [2.05, 4.69) is 36.4 Å². The Labute approximate surface area is 138 Å². The molecule has 0 atom stereocenters. The molecule has 0 aliphatic heterocycles. The molecule has 0 saturated carbocycles. The van der Waals surface area contributed by atoms with E-state index in [-0.39, 0.29) is 5.91 Å². The van der Waals surface area contributed by atoms with Crippen LogP contribution in [0.15, 0.2) is 47.2 Å². The summed E-state index contributed by atoms with van der Waals surface area (Å²) in [6, 6.07) is 9.30. The summed E-state index contributed by atoms with van der Waals surface area (Å²) in [6.07, 6.45) is 3.27. The maximum atomic E-state index is 12.3. The molecule has 1 amide bonds. The predicted octanol–water partition coefficient (Wildman–Crippen LogP) is 3.07. The highest BCUT2D eigenvalue weighted by molar-refractivity contribution is 9.10. The second-order valence-electron chi connectivity index (χ2n) is 5.13. The Morgan fingerprint density at radius 2 is 2.05 bits per heavy atom. The minimum absolute atomic E-state index is 0.185. The molecule has 2 rings (SSSR count). The van der Waals surface area contributed by atoms with Gasteiger partial charge in [0.05, 0.1) is 16.9 Å². The number of benzene rings is 1. The Morgan fingerprint density at radius 3 is 2.77 bits per heavy atom. The average Bonchev–Trinajstić information content (AvgIpc) is 2.49. The monoisotopic (exact) mass is 362 g/mol. The molecule has 2 aromatic rings. The van der Waals surface area contributed by atoms with Crippen LogP contribution in [-0.2, 0) is 0 Å². The van der Waals surface area contributed by atoms with Crippen molar-refractivity contribution in [1.82, 2.24) is 9.88 Å². The smallest absolute Gasteiger partial charge is 0.257 e. The van der Waals surface area contributed by atoms with Gasteiger partial charge in [-0.1, -0.05) is 12.1 Å². The number of para-hydroxylation sites is 1. The number of hydrogen-bond acceptors (Lipinski definition) is 4. The number of hydrogen-bond donors (Lipinski definition) is 2. The van der Waals surface area contributed by atoms with Crippen molar-refractivity contribution in [3.8, 4) is 0 Å². The van der Waals surface area contributed by atoms with Crippen molar-refractivity contribution < 1.29 is 4.79 Å². The van der Waals surface area contributed by atoms with Crippen LogP contribution in [0.1, 0.15) is 10.4 Å². The lowest BCUT2D eigenvalue weighted by atomic mass is 10.2. The molecule has 22 heavy (non-hydrogen) atoms. The zero-order chi connectivity index (χ0) is 15.9. The summed E-state index contributed by atoms with van der Waals surface area (Å²) in [5, 5.41) is 6.12. The summed E-state index contributed by atoms with van der Waals surface area (Å²) >= 11 is 3.41. The topological polar surface area (TPSA) is 57.3 Å². The Balaban J connectivity index is 2.02. The Hall–Kier alpha value is -1.92. The summed E-state index contributed by atoms with van der Waals surface area (Å²) in [4.78, 5) is 18.5. The SMILES string of the molecule is CN(C)CCNc1cncc(C(=O)Nc2ccccc2Br)c1. The van der Waals surface area contributed by atoms with Gasteiger partial charge >= 0.3 is 0 Å². The molecular weight excluding hydrogens is 344 g/mol. The molecule has 6 heteroatoms. The van der Waals surface area contributed by atoms with E-state index in [9.17, 15) is 4.79 Å². The normalized spacial score (nSPS) is 10.5. The van der Waals surface area contributed by atoms with E-state index in [1.165, 1.54) is 0 Å². The second-order valence-corrected chi connectivity index (χ2v) is 5.98. The minimum Gasteiger partial charge on any atom is -0.382 e. The van der Waals surface area contributed by atoms with Crippen molar-refractivity contribution in [2.45, 2.75) is 0 Å². The van der Waals surface area contributed by atoms with Crippen LogP contribution in [0.4, 0.5) is 11.4 Å². The Bertz CT molecular complexity index is 646. The third kappa shape index (κ3) is 4.82. The van der Waals surface area contributed by atoms with Crippen LogP contribution in [0.5, 0.6) is 0 Å². The number of nitrogens with one attached hydrogen (secondary N) is 2. The third-order valence-corrected chi connectivity index (χ3v) is 3.70. The molecule has 0 unspecified atom stereocenters. The molecule has 0 saturated heterocycles. The molecule has 1 aromatic heterocycles. The highest BCUT2D eigenvalue weighted by Crippen LogP contribution is 2.22. The van der Waals surface area contributed by atoms with E-state index in [1.54, 1.807) is 18.5 Å². The molecule has 5 nitrogen and oxygen atoms in total. The fraction of sp³-hybridized carbons (Fsp3) is 0.250. The number of likely N-dealkylation sites (N-methyl/N-ethyl adjacent to an activating group) is 1. The van der Waals surface area contributed by atoms with Crippen LogP contribution in [0.25, 0.3) is 0 Å². The lowest BCUT2D eigenvalue weighted by Crippen LogP contribution is -2.21. The van der Waals surface area contributed by atoms with Gasteiger partial charge < -0.3 is 15.5 Å². The highest BCUT2D eigenvalue weighted by Gasteiger charge is 2.09. The van der Waals surface area contributed by atoms with Gasteiger partial charge in [-0.05, 0) is 48.2 Å². The van der Waals surface area contributed by atoms with Crippen molar-refractivity contribution in [2.24, 2.45) is 0 Å². The first kappa shape index (κ1) is 16.5. The van der Waals surface area contributed by atoms with Gasteiger partial charge in [-0.2, -0.15) is 0 Å². The van der Waals surface area contributed by atoms with Crippen molar-refractivity contribution in [3.63, 3.8) is 0 Å². The van der Waals surface area contributed by atoms with Gasteiger partial charge in [-0.3, -0.25) is 9.78 Å². The van der Waals surface area contributed by atoms with Gasteiger partial charge in [0.1, 0.15) is 0 Å². The number of aromatic nitrogens is 1. The highest BCUT2D eigenvalue weighted by atomic mass is 79.9. The van der Waals surface area contributed by atoms with Crippen LogP contribution in [0.2, 0.25) is 0 Å². The van der Waals surface area contributed by atoms with E-state index < -0.39 is 0 Å². The largest absolute Gasteiger partial charge is 0.382 e. The molecular formula is C16H19BrN4O. The van der Waals surface area contributed by atoms with E-state index in [0.717, 1.165) is 28.9 Å². The first-order chi connectivity index (χ1) is 10.6. The summed E-state index contributed by atoms with van der Waals surface area (Å²) < 4.78 is 0.844. The van der Waals surface area contributed by atoms with Crippen molar-refractivity contribution in [2.75, 3.05) is 37.8 Å². The molecule has 0 aliphatic rings. The van der Waals surface area contributed by atoms with Crippen LogP contribution in [-0.4, -0.2) is 43.0 Å². The molecule has 0 radical (unpaired) electrons. The quantitative estimate of drug-likeness (QED) is 0.828. The molecule has 0 spiro atoms. The number of halogens is 1. The number of amides is 1. The van der Waals surface area contributed by atoms with Gasteiger partial charge in [0.25, 0.3) is 5.91 Å². The molecule has 0 fully saturated rings. The molecule has 0 bridgehead atoms. The number of carbonyl (C=O) groups is 1. The van der Waals surface area contributed by atoms with Crippen LogP contribution < -0.4 is 10.6 Å². The summed E-state index contributed by atoms with van der Waals surface area (Å²) in [7, 11) is 4.03. The van der Waals surface area contributed by atoms with E-state index in [0.29, 0.717) is 5.56 Å². The number of pyridine rings is 1. The fourth-order valence-electron chi connectivity index (χ4n) is 1.84. The van der Waals surface area contributed by atoms with Crippen molar-refractivity contribution in [1.29, 1.82) is 0 Å². The zero-order valence-electron chi connectivity index (χ0n) is 12.6. The maximum Gasteiger partial charge on any atom is 0.257 e. The summed E-state index contributed by atoms with van der Waals surface area (Å²) in [6.45, 7) is 1.71. The molecule has 1 heterocycles. The Morgan fingerprint density at radius 1 is 1.27 bits per heavy atom. The van der Waals surface area contributed by atoms with E-state index >= 15 is 0 Å². The fourth-order valence-corrected chi connectivity index (χ4v) is 2.23. The van der Waals surface area contributed by atoms with E-state index in [4.69, 9.17) is 0 Å². The first-order valence-corrected chi connectivity index (χ1v) is 7.75. The second kappa shape index (κ2) is 7.91. The lowest BCUT2D eigenvalue weighted by Gasteiger charge is -2.12. The summed E-state index contributed by atoms with van der Waals surface area (Å²) in [5.41, 5.74) is 2.09. The Kier molecular flexibility index (Phi) is 5.91. The van der Waals surface area contributed by atoms with E-state index in [1.807, 2.05) is 38.4 Å². The number of nitrogens with zero attached hydrogens (tertiary/aromatic N) is 2. The van der Waals surface area contributed by atoms with Crippen LogP contribution in [0.3, 0.4) is 0 Å². The number of anilines is 2. The van der Waals surface area contributed by atoms with Crippen LogP contribution >= 0.6 is 15.9 Å². The van der Waals surface area contributed by atoms with Gasteiger partial charge in [0.2, 0.25) is 0 Å². The maximum absolute atomic E-state index is 12.3. The van der Waals surface area contributed by atoms with Gasteiger partial charge in [0, 0.05) is 30.0 Å². The van der Waals surface area contributed by atoms with Crippen LogP contribution in [0, 0.1) is 0 Å². The van der Waals surface area contributed by atoms with Crippen molar-refractivity contribution in [3.05, 3.63) is 52.8 Å². The van der Waals surface area contributed by atoms with Crippen molar-refractivity contribution >= 4 is 33.2 Å². The number of rotatable bonds is 6. The molecule has 1 aromatic carbocycles. The lowest BCUT2D eigenvalue weighted by molar-refractivity contribution is 0.102. The standard InChI is InChI=1S/C16H19BrN4O/c1-21(2)8-7-19-13-9-12(10-18-11-13)16(22)20-15-6-4-3-5-14(15)17/h3-6,9-11,19H,7-8H2,1-2H3,(H,20,22). The average molecular weight is 363 g/mol.